The fraction of sp³-hybridized carbons (Fsp3) is 0.500. The standard InChI is InChI=1S/C32H37N7O4/c1-42-26-12-20(31(40)38-16-19-7-8-24(38)27(19)33)10-23-28(26)39(22-13-21(14-22)35-32(41)43-2)30(36-23)25-11-18-4-3-9-34-29(18)37(25)15-17-5-6-17/h3-4,9-12,17,19,21-22,24,27H,5-8,13-16,33H2,1-2H3,(H,35,41)/t19?,21?,22?,24?,27-/m1/s1. The molecule has 1 aliphatic heterocycles. The Bertz CT molecular complexity index is 1750. The zero-order valence-corrected chi connectivity index (χ0v) is 24.5. The van der Waals surface area contributed by atoms with Gasteiger partial charge in [0.05, 0.1) is 25.4 Å². The zero-order valence-electron chi connectivity index (χ0n) is 24.5. The van der Waals surface area contributed by atoms with E-state index in [4.69, 9.17) is 25.2 Å². The molecule has 4 aromatic rings. The molecule has 224 valence electrons. The Kier molecular flexibility index (Phi) is 6.15. The Morgan fingerprint density at radius 3 is 2.65 bits per heavy atom. The van der Waals surface area contributed by atoms with Crippen LogP contribution in [0.1, 0.15) is 54.9 Å². The fourth-order valence-electron chi connectivity index (χ4n) is 7.62. The minimum atomic E-state index is -0.425. The number of nitrogens with zero attached hydrogens (tertiary/aromatic N) is 5. The van der Waals surface area contributed by atoms with Crippen molar-refractivity contribution in [2.24, 2.45) is 17.6 Å². The molecule has 3 aromatic heterocycles. The van der Waals surface area contributed by atoms with Crippen molar-refractivity contribution in [1.82, 2.24) is 29.3 Å². The second kappa shape index (κ2) is 9.97. The highest BCUT2D eigenvalue weighted by atomic mass is 16.5. The Labute approximate surface area is 249 Å². The summed E-state index contributed by atoms with van der Waals surface area (Å²) in [6, 6.07) is 10.2. The number of ether oxygens (including phenoxy) is 2. The molecule has 43 heavy (non-hydrogen) atoms. The maximum absolute atomic E-state index is 13.8. The third kappa shape index (κ3) is 4.27. The molecule has 0 spiro atoms. The molecule has 4 fully saturated rings. The van der Waals surface area contributed by atoms with Gasteiger partial charge in [-0.05, 0) is 80.7 Å². The monoisotopic (exact) mass is 583 g/mol. The summed E-state index contributed by atoms with van der Waals surface area (Å²) in [5.74, 6) is 2.42. The van der Waals surface area contributed by atoms with E-state index in [0.717, 1.165) is 60.3 Å². The van der Waals surface area contributed by atoms with Gasteiger partial charge < -0.3 is 34.6 Å². The van der Waals surface area contributed by atoms with Gasteiger partial charge in [0.2, 0.25) is 0 Å². The van der Waals surface area contributed by atoms with E-state index in [1.54, 1.807) is 7.11 Å². The summed E-state index contributed by atoms with van der Waals surface area (Å²) in [5, 5.41) is 4.00. The maximum atomic E-state index is 13.8. The van der Waals surface area contributed by atoms with Crippen LogP contribution in [0.25, 0.3) is 33.6 Å². The molecular weight excluding hydrogens is 546 g/mol. The van der Waals surface area contributed by atoms with Crippen LogP contribution in [0.4, 0.5) is 4.79 Å². The number of nitrogens with two attached hydrogens (primary N) is 1. The number of carbonyl (C=O) groups is 2. The number of hydrogen-bond acceptors (Lipinski definition) is 7. The van der Waals surface area contributed by atoms with Crippen LogP contribution < -0.4 is 15.8 Å². The predicted octanol–water partition coefficient (Wildman–Crippen LogP) is 4.09. The van der Waals surface area contributed by atoms with Crippen molar-refractivity contribution >= 4 is 34.1 Å². The van der Waals surface area contributed by atoms with Crippen LogP contribution in [0.15, 0.2) is 36.5 Å². The number of nitrogens with one attached hydrogen (secondary N) is 1. The number of benzene rings is 1. The third-order valence-electron chi connectivity index (χ3n) is 10.1. The van der Waals surface area contributed by atoms with Crippen LogP contribution in [-0.4, -0.2) is 74.9 Å². The Hall–Kier alpha value is -4.12. The average Bonchev–Trinajstić information content (AvgIpc) is 3.34. The molecule has 3 aliphatic carbocycles. The van der Waals surface area contributed by atoms with Crippen LogP contribution in [0.3, 0.4) is 0 Å². The number of hydrogen-bond donors (Lipinski definition) is 2. The van der Waals surface area contributed by atoms with E-state index in [2.05, 4.69) is 26.6 Å². The number of likely N-dealkylation sites (tertiary alicyclic amines) is 1. The summed E-state index contributed by atoms with van der Waals surface area (Å²) in [6.07, 6.45) is 7.35. The highest BCUT2D eigenvalue weighted by Gasteiger charge is 2.47. The van der Waals surface area contributed by atoms with Crippen molar-refractivity contribution < 1.29 is 19.1 Å². The van der Waals surface area contributed by atoms with Crippen molar-refractivity contribution in [3.05, 3.63) is 42.1 Å². The quantitative estimate of drug-likeness (QED) is 0.335. The van der Waals surface area contributed by atoms with Crippen LogP contribution in [0, 0.1) is 11.8 Å². The first-order valence-electron chi connectivity index (χ1n) is 15.4. The lowest BCUT2D eigenvalue weighted by Gasteiger charge is -2.37. The van der Waals surface area contributed by atoms with E-state index in [1.165, 1.54) is 20.0 Å². The number of alkyl carbamates (subject to hydrolysis) is 1. The molecular formula is C32H37N7O4. The normalized spacial score (nSPS) is 26.2. The topological polar surface area (TPSA) is 130 Å². The van der Waals surface area contributed by atoms with Gasteiger partial charge in [-0.1, -0.05) is 0 Å². The lowest BCUT2D eigenvalue weighted by Crippen LogP contribution is -2.45. The number of rotatable bonds is 7. The van der Waals surface area contributed by atoms with E-state index >= 15 is 0 Å². The molecule has 4 heterocycles. The van der Waals surface area contributed by atoms with E-state index in [-0.39, 0.29) is 30.1 Å². The molecule has 4 aliphatic rings. The molecule has 1 saturated heterocycles. The number of imidazole rings is 1. The minimum Gasteiger partial charge on any atom is -0.494 e. The van der Waals surface area contributed by atoms with Crippen molar-refractivity contribution in [3.8, 4) is 17.3 Å². The van der Waals surface area contributed by atoms with E-state index in [9.17, 15) is 9.59 Å². The van der Waals surface area contributed by atoms with Crippen molar-refractivity contribution in [2.75, 3.05) is 20.8 Å². The Morgan fingerprint density at radius 2 is 1.95 bits per heavy atom. The fourth-order valence-corrected chi connectivity index (χ4v) is 7.62. The highest BCUT2D eigenvalue weighted by molar-refractivity contribution is 6.00. The summed E-state index contributed by atoms with van der Waals surface area (Å²) < 4.78 is 15.4. The molecule has 11 nitrogen and oxygen atoms in total. The maximum Gasteiger partial charge on any atom is 0.407 e. The van der Waals surface area contributed by atoms with Gasteiger partial charge in [0.15, 0.2) is 5.82 Å². The zero-order chi connectivity index (χ0) is 29.4. The SMILES string of the molecule is COC(=O)NC1CC(n2c(-c3cc4cccnc4n3CC3CC3)nc3cc(C(=O)N4CC5CCC4[C@@H]5N)cc(OC)c32)C1. The van der Waals surface area contributed by atoms with Crippen LogP contribution in [0.2, 0.25) is 0 Å². The third-order valence-corrected chi connectivity index (χ3v) is 10.1. The predicted molar refractivity (Wildman–Crippen MR) is 161 cm³/mol. The Morgan fingerprint density at radius 1 is 1.12 bits per heavy atom. The molecule has 2 unspecified atom stereocenters. The number of methoxy groups -OCH3 is 2. The second-order valence-corrected chi connectivity index (χ2v) is 12.7. The van der Waals surface area contributed by atoms with Crippen LogP contribution in [-0.2, 0) is 11.3 Å². The number of pyridine rings is 1. The first-order chi connectivity index (χ1) is 20.9. The second-order valence-electron chi connectivity index (χ2n) is 12.7. The van der Waals surface area contributed by atoms with Gasteiger partial charge in [-0.15, -0.1) is 0 Å². The van der Waals surface area contributed by atoms with Gasteiger partial charge in [-0.2, -0.15) is 0 Å². The number of aromatic nitrogens is 4. The lowest BCUT2D eigenvalue weighted by atomic mass is 9.86. The summed E-state index contributed by atoms with van der Waals surface area (Å²) in [4.78, 5) is 37.7. The molecule has 11 heteroatoms. The van der Waals surface area contributed by atoms with Crippen LogP contribution >= 0.6 is 0 Å². The number of amides is 2. The summed E-state index contributed by atoms with van der Waals surface area (Å²) in [6.45, 7) is 1.59. The Balaban J connectivity index is 1.26. The molecule has 2 amide bonds. The van der Waals surface area contributed by atoms with Gasteiger partial charge in [0.25, 0.3) is 5.91 Å². The summed E-state index contributed by atoms with van der Waals surface area (Å²) >= 11 is 0. The lowest BCUT2D eigenvalue weighted by molar-refractivity contribution is 0.0700. The van der Waals surface area contributed by atoms with E-state index in [0.29, 0.717) is 35.2 Å². The van der Waals surface area contributed by atoms with Gasteiger partial charge in [0, 0.05) is 54.4 Å². The van der Waals surface area contributed by atoms with E-state index in [1.807, 2.05) is 29.3 Å². The van der Waals surface area contributed by atoms with Gasteiger partial charge in [-0.25, -0.2) is 14.8 Å². The number of carbonyl (C=O) groups excluding carboxylic acids is 2. The molecule has 3 N–H and O–H groups in total. The first-order valence-corrected chi connectivity index (χ1v) is 15.4. The van der Waals surface area contributed by atoms with Crippen molar-refractivity contribution in [1.29, 1.82) is 0 Å². The smallest absolute Gasteiger partial charge is 0.407 e. The molecule has 8 rings (SSSR count). The van der Waals surface area contributed by atoms with Gasteiger partial charge in [-0.3, -0.25) is 4.79 Å². The van der Waals surface area contributed by atoms with Crippen molar-refractivity contribution in [2.45, 2.75) is 69.2 Å². The van der Waals surface area contributed by atoms with Gasteiger partial charge >= 0.3 is 6.09 Å². The van der Waals surface area contributed by atoms with Gasteiger partial charge in [0.1, 0.15) is 16.9 Å². The molecule has 3 atom stereocenters. The highest BCUT2D eigenvalue weighted by Crippen LogP contribution is 2.44. The minimum absolute atomic E-state index is 0.00313. The molecule has 2 bridgehead atoms. The number of piperidine rings is 1. The number of fused-ring (bicyclic) bond motifs is 4. The molecule has 1 aromatic carbocycles. The first kappa shape index (κ1) is 26.5. The molecule has 3 saturated carbocycles. The molecule has 0 radical (unpaired) electrons. The van der Waals surface area contributed by atoms with Crippen LogP contribution in [0.5, 0.6) is 5.75 Å². The van der Waals surface area contributed by atoms with Crippen molar-refractivity contribution in [3.63, 3.8) is 0 Å². The largest absolute Gasteiger partial charge is 0.494 e. The average molecular weight is 584 g/mol. The van der Waals surface area contributed by atoms with E-state index < -0.39 is 6.09 Å². The summed E-state index contributed by atoms with van der Waals surface area (Å²) in [7, 11) is 3.02. The summed E-state index contributed by atoms with van der Waals surface area (Å²) in [5.41, 5.74) is 10.5.